The fourth-order valence-corrected chi connectivity index (χ4v) is 2.69. The summed E-state index contributed by atoms with van der Waals surface area (Å²) in [7, 11) is 0. The van der Waals surface area contributed by atoms with E-state index in [1.807, 2.05) is 6.07 Å². The first kappa shape index (κ1) is 12.9. The summed E-state index contributed by atoms with van der Waals surface area (Å²) in [4.78, 5) is 4.48. The molecule has 0 radical (unpaired) electrons. The van der Waals surface area contributed by atoms with Crippen LogP contribution in [-0.4, -0.2) is 17.0 Å². The molecule has 2 unspecified atom stereocenters. The minimum absolute atomic E-state index is 0.246. The molecule has 2 rings (SSSR count). The minimum atomic E-state index is -0.427. The van der Waals surface area contributed by atoms with Crippen LogP contribution >= 0.6 is 11.8 Å². The molecule has 2 atom stereocenters. The fraction of sp³-hybridized carbons (Fsp3) is 0.385. The number of anilines is 1. The molecule has 0 bridgehead atoms. The van der Waals surface area contributed by atoms with E-state index in [1.54, 1.807) is 23.9 Å². The molecular weight excluding hydrogens is 249 g/mol. The number of amidine groups is 1. The van der Waals surface area contributed by atoms with Crippen molar-refractivity contribution in [1.29, 1.82) is 5.26 Å². The van der Waals surface area contributed by atoms with Gasteiger partial charge in [-0.3, -0.25) is 4.99 Å². The van der Waals surface area contributed by atoms with Crippen molar-refractivity contribution in [3.8, 4) is 6.07 Å². The molecule has 5 heteroatoms. The Balaban J connectivity index is 2.15. The second-order valence-corrected chi connectivity index (χ2v) is 5.40. The van der Waals surface area contributed by atoms with Crippen molar-refractivity contribution in [2.75, 3.05) is 11.1 Å². The van der Waals surface area contributed by atoms with Crippen LogP contribution in [0.1, 0.15) is 19.4 Å². The van der Waals surface area contributed by atoms with Gasteiger partial charge in [-0.25, -0.2) is 4.39 Å². The lowest BCUT2D eigenvalue weighted by Crippen LogP contribution is -2.25. The number of nitriles is 1. The SMILES string of the molecule is CC1CSC(Nc2ccc(C#N)cc2F)=NC1C. The number of hydrogen-bond donors (Lipinski definition) is 1. The first-order valence-corrected chi connectivity index (χ1v) is 6.76. The highest BCUT2D eigenvalue weighted by Gasteiger charge is 2.19. The van der Waals surface area contributed by atoms with Crippen LogP contribution in [0.2, 0.25) is 0 Å². The number of halogens is 1. The van der Waals surface area contributed by atoms with Crippen molar-refractivity contribution in [2.45, 2.75) is 19.9 Å². The average Bonchev–Trinajstić information content (AvgIpc) is 2.36. The van der Waals surface area contributed by atoms with Crippen molar-refractivity contribution in [2.24, 2.45) is 10.9 Å². The van der Waals surface area contributed by atoms with Crippen LogP contribution < -0.4 is 5.32 Å². The van der Waals surface area contributed by atoms with Crippen molar-refractivity contribution in [3.05, 3.63) is 29.6 Å². The summed E-state index contributed by atoms with van der Waals surface area (Å²) in [6.45, 7) is 4.21. The molecule has 1 heterocycles. The highest BCUT2D eigenvalue weighted by Crippen LogP contribution is 2.25. The zero-order chi connectivity index (χ0) is 13.1. The number of nitrogens with one attached hydrogen (secondary N) is 1. The highest BCUT2D eigenvalue weighted by molar-refractivity contribution is 8.14. The largest absolute Gasteiger partial charge is 0.333 e. The van der Waals surface area contributed by atoms with E-state index in [1.165, 1.54) is 6.07 Å². The van der Waals surface area contributed by atoms with Crippen LogP contribution in [0, 0.1) is 23.1 Å². The molecule has 0 amide bonds. The van der Waals surface area contributed by atoms with Crippen LogP contribution in [0.15, 0.2) is 23.2 Å². The van der Waals surface area contributed by atoms with Gasteiger partial charge in [0.1, 0.15) is 5.82 Å². The monoisotopic (exact) mass is 263 g/mol. The maximum Gasteiger partial charge on any atom is 0.161 e. The van der Waals surface area contributed by atoms with Crippen LogP contribution in [0.4, 0.5) is 10.1 Å². The van der Waals surface area contributed by atoms with Gasteiger partial charge in [0, 0.05) is 5.75 Å². The van der Waals surface area contributed by atoms with Crippen LogP contribution in [0.25, 0.3) is 0 Å². The molecule has 3 nitrogen and oxygen atoms in total. The van der Waals surface area contributed by atoms with E-state index in [0.717, 1.165) is 10.9 Å². The Bertz CT molecular complexity index is 521. The topological polar surface area (TPSA) is 48.2 Å². The van der Waals surface area contributed by atoms with Gasteiger partial charge in [0.25, 0.3) is 0 Å². The predicted octanol–water partition coefficient (Wildman–Crippen LogP) is 3.24. The summed E-state index contributed by atoms with van der Waals surface area (Å²) < 4.78 is 13.7. The van der Waals surface area contributed by atoms with E-state index in [-0.39, 0.29) is 6.04 Å². The van der Waals surface area contributed by atoms with Gasteiger partial charge in [-0.15, -0.1) is 0 Å². The standard InChI is InChI=1S/C13H14FN3S/c1-8-7-18-13(16-9(8)2)17-12-4-3-10(6-15)5-11(12)14/h3-5,8-9H,7H2,1-2H3,(H,16,17). The smallest absolute Gasteiger partial charge is 0.161 e. The second-order valence-electron chi connectivity index (χ2n) is 4.39. The van der Waals surface area contributed by atoms with Gasteiger partial charge >= 0.3 is 0 Å². The third-order valence-corrected chi connectivity index (χ3v) is 4.14. The Labute approximate surface area is 110 Å². The molecule has 1 aliphatic rings. The van der Waals surface area contributed by atoms with Gasteiger partial charge < -0.3 is 5.32 Å². The van der Waals surface area contributed by atoms with E-state index >= 15 is 0 Å². The molecule has 0 saturated heterocycles. The Morgan fingerprint density at radius 1 is 1.50 bits per heavy atom. The Hall–Kier alpha value is -1.54. The predicted molar refractivity (Wildman–Crippen MR) is 73.3 cm³/mol. The van der Waals surface area contributed by atoms with E-state index < -0.39 is 5.82 Å². The van der Waals surface area contributed by atoms with E-state index in [2.05, 4.69) is 24.2 Å². The number of rotatable bonds is 1. The second kappa shape index (κ2) is 5.40. The molecule has 0 spiro atoms. The molecule has 0 aromatic heterocycles. The van der Waals surface area contributed by atoms with Gasteiger partial charge in [0.05, 0.1) is 23.4 Å². The average molecular weight is 263 g/mol. The van der Waals surface area contributed by atoms with Gasteiger partial charge in [-0.05, 0) is 31.0 Å². The number of thioether (sulfide) groups is 1. The van der Waals surface area contributed by atoms with Crippen molar-refractivity contribution in [1.82, 2.24) is 0 Å². The molecule has 18 heavy (non-hydrogen) atoms. The number of aliphatic imine (C=N–C) groups is 1. The van der Waals surface area contributed by atoms with Crippen molar-refractivity contribution < 1.29 is 4.39 Å². The van der Waals surface area contributed by atoms with Crippen molar-refractivity contribution in [3.63, 3.8) is 0 Å². The van der Waals surface area contributed by atoms with Gasteiger partial charge in [0.15, 0.2) is 5.17 Å². The lowest BCUT2D eigenvalue weighted by atomic mass is 10.1. The summed E-state index contributed by atoms with van der Waals surface area (Å²) in [6, 6.07) is 6.54. The lowest BCUT2D eigenvalue weighted by Gasteiger charge is -2.23. The molecule has 0 saturated carbocycles. The Morgan fingerprint density at radius 2 is 2.28 bits per heavy atom. The highest BCUT2D eigenvalue weighted by atomic mass is 32.2. The van der Waals surface area contributed by atoms with E-state index in [0.29, 0.717) is 17.2 Å². The zero-order valence-corrected chi connectivity index (χ0v) is 11.1. The fourth-order valence-electron chi connectivity index (χ4n) is 1.57. The first-order valence-electron chi connectivity index (χ1n) is 5.77. The quantitative estimate of drug-likeness (QED) is 0.846. The first-order chi connectivity index (χ1) is 8.60. The van der Waals surface area contributed by atoms with Crippen LogP contribution in [0.3, 0.4) is 0 Å². The third kappa shape index (κ3) is 2.82. The number of nitrogens with zero attached hydrogens (tertiary/aromatic N) is 2. The summed E-state index contributed by atoms with van der Waals surface area (Å²) >= 11 is 1.60. The molecular formula is C13H14FN3S. The molecule has 1 aromatic rings. The third-order valence-electron chi connectivity index (χ3n) is 2.97. The van der Waals surface area contributed by atoms with Gasteiger partial charge in [-0.1, -0.05) is 18.7 Å². The Morgan fingerprint density at radius 3 is 2.89 bits per heavy atom. The van der Waals surface area contributed by atoms with Crippen molar-refractivity contribution >= 4 is 22.6 Å². The minimum Gasteiger partial charge on any atom is -0.333 e. The number of benzene rings is 1. The summed E-state index contributed by atoms with van der Waals surface area (Å²) in [5, 5.41) is 12.4. The summed E-state index contributed by atoms with van der Waals surface area (Å²) in [5.74, 6) is 1.08. The normalized spacial score (nSPS) is 23.1. The van der Waals surface area contributed by atoms with Gasteiger partial charge in [0.2, 0.25) is 0 Å². The molecule has 1 N–H and O–H groups in total. The Kier molecular flexibility index (Phi) is 3.87. The molecule has 1 aromatic carbocycles. The van der Waals surface area contributed by atoms with Crippen LogP contribution in [0.5, 0.6) is 0 Å². The van der Waals surface area contributed by atoms with Gasteiger partial charge in [-0.2, -0.15) is 5.26 Å². The van der Waals surface area contributed by atoms with E-state index in [9.17, 15) is 4.39 Å². The maximum absolute atomic E-state index is 13.7. The number of hydrogen-bond acceptors (Lipinski definition) is 4. The summed E-state index contributed by atoms with van der Waals surface area (Å²) in [6.07, 6.45) is 0. The molecule has 0 aliphatic carbocycles. The molecule has 0 fully saturated rings. The molecule has 1 aliphatic heterocycles. The molecule has 94 valence electrons. The summed E-state index contributed by atoms with van der Waals surface area (Å²) in [5.41, 5.74) is 0.681. The zero-order valence-electron chi connectivity index (χ0n) is 10.3. The maximum atomic E-state index is 13.7. The lowest BCUT2D eigenvalue weighted by molar-refractivity contribution is 0.537. The van der Waals surface area contributed by atoms with E-state index in [4.69, 9.17) is 5.26 Å². The van der Waals surface area contributed by atoms with Crippen LogP contribution in [-0.2, 0) is 0 Å².